The van der Waals surface area contributed by atoms with E-state index in [2.05, 4.69) is 10.3 Å². The zero-order valence-electron chi connectivity index (χ0n) is 11.0. The predicted octanol–water partition coefficient (Wildman–Crippen LogP) is 0.934. The lowest BCUT2D eigenvalue weighted by molar-refractivity contribution is -0.0924. The molecule has 2 N–H and O–H groups in total. The molecule has 0 spiro atoms. The molecule has 0 radical (unpaired) electrons. The van der Waals surface area contributed by atoms with E-state index >= 15 is 0 Å². The van der Waals surface area contributed by atoms with Gasteiger partial charge in [-0.3, -0.25) is 18.9 Å². The Bertz CT molecular complexity index is 669. The van der Waals surface area contributed by atoms with Gasteiger partial charge in [-0.25, -0.2) is 4.79 Å². The van der Waals surface area contributed by atoms with Crippen molar-refractivity contribution in [2.24, 2.45) is 0 Å². The van der Waals surface area contributed by atoms with Gasteiger partial charge in [0.05, 0.1) is 12.7 Å². The van der Waals surface area contributed by atoms with Crippen molar-refractivity contribution in [3.05, 3.63) is 32.6 Å². The SMILES string of the molecule is Cc1cn([C@H]2CNC[C@@H](COP(=O)(Cl)Cl)O2)c(=O)[nH]c1=O. The van der Waals surface area contributed by atoms with Gasteiger partial charge >= 0.3 is 11.8 Å². The summed E-state index contributed by atoms with van der Waals surface area (Å²) in [4.78, 5) is 25.3. The van der Waals surface area contributed by atoms with Crippen LogP contribution in [0.5, 0.6) is 0 Å². The van der Waals surface area contributed by atoms with Gasteiger partial charge in [-0.1, -0.05) is 0 Å². The second kappa shape index (κ2) is 6.64. The maximum atomic E-state index is 11.8. The Balaban J connectivity index is 2.11. The average Bonchev–Trinajstić information content (AvgIpc) is 2.40. The normalized spacial score (nSPS) is 23.2. The van der Waals surface area contributed by atoms with Crippen molar-refractivity contribution in [1.82, 2.24) is 14.9 Å². The fourth-order valence-corrected chi connectivity index (χ4v) is 2.60. The van der Waals surface area contributed by atoms with Crippen LogP contribution in [0.25, 0.3) is 0 Å². The molecule has 0 bridgehead atoms. The molecule has 0 aromatic carbocycles. The average molecular weight is 358 g/mol. The van der Waals surface area contributed by atoms with Crippen LogP contribution in [0.3, 0.4) is 0 Å². The van der Waals surface area contributed by atoms with Crippen molar-refractivity contribution < 1.29 is 13.8 Å². The second-order valence-electron chi connectivity index (χ2n) is 4.56. The van der Waals surface area contributed by atoms with Crippen molar-refractivity contribution in [3.63, 3.8) is 0 Å². The fraction of sp³-hybridized carbons (Fsp3) is 0.600. The lowest BCUT2D eigenvalue weighted by Gasteiger charge is -2.31. The van der Waals surface area contributed by atoms with Gasteiger partial charge in [0.15, 0.2) is 6.23 Å². The first kappa shape index (κ1) is 16.7. The smallest absolute Gasteiger partial charge is 0.350 e. The summed E-state index contributed by atoms with van der Waals surface area (Å²) in [7, 11) is 0. The standard InChI is InChI=1S/C10H14Cl2N3O5P/c1-6-4-15(10(17)14-9(6)16)8-3-13-2-7(20-8)5-19-21(11,12)18/h4,7-8,13H,2-3,5H2,1H3,(H,14,16,17)/t7-,8+/m0/s1. The van der Waals surface area contributed by atoms with E-state index in [0.717, 1.165) is 0 Å². The van der Waals surface area contributed by atoms with Crippen molar-refractivity contribution in [2.75, 3.05) is 19.7 Å². The molecule has 0 unspecified atom stereocenters. The Hall–Kier alpha value is -0.630. The molecule has 118 valence electrons. The summed E-state index contributed by atoms with van der Waals surface area (Å²) in [6, 6.07) is 0. The van der Waals surface area contributed by atoms with Crippen molar-refractivity contribution in [3.8, 4) is 0 Å². The van der Waals surface area contributed by atoms with E-state index < -0.39 is 29.7 Å². The highest BCUT2D eigenvalue weighted by molar-refractivity contribution is 8.05. The number of hydrogen-bond acceptors (Lipinski definition) is 6. The van der Waals surface area contributed by atoms with Gasteiger partial charge in [0.2, 0.25) is 0 Å². The molecule has 11 heteroatoms. The van der Waals surface area contributed by atoms with E-state index in [1.807, 2.05) is 0 Å². The molecule has 1 aliphatic rings. The molecular weight excluding hydrogens is 344 g/mol. The fourth-order valence-electron chi connectivity index (χ4n) is 1.92. The summed E-state index contributed by atoms with van der Waals surface area (Å²) in [6.45, 7) is 2.32. The van der Waals surface area contributed by atoms with Gasteiger partial charge in [0.25, 0.3) is 5.56 Å². The van der Waals surface area contributed by atoms with E-state index in [4.69, 9.17) is 31.7 Å². The van der Waals surface area contributed by atoms with Gasteiger partial charge in [-0.2, -0.15) is 0 Å². The van der Waals surface area contributed by atoms with Crippen LogP contribution in [-0.2, 0) is 13.8 Å². The van der Waals surface area contributed by atoms with Crippen LogP contribution in [0.1, 0.15) is 11.8 Å². The minimum atomic E-state index is -3.63. The van der Waals surface area contributed by atoms with Crippen molar-refractivity contribution >= 4 is 28.6 Å². The number of H-pyrrole nitrogens is 1. The highest BCUT2D eigenvalue weighted by Crippen LogP contribution is 2.57. The Morgan fingerprint density at radius 1 is 1.48 bits per heavy atom. The molecule has 1 fully saturated rings. The first-order valence-corrected chi connectivity index (χ1v) is 9.52. The number of halogens is 2. The third-order valence-corrected chi connectivity index (χ3v) is 3.94. The third-order valence-electron chi connectivity index (χ3n) is 2.91. The molecule has 8 nitrogen and oxygen atoms in total. The summed E-state index contributed by atoms with van der Waals surface area (Å²) < 4.78 is 22.8. The van der Waals surface area contributed by atoms with Gasteiger partial charge in [0, 0.05) is 24.8 Å². The molecule has 0 saturated carbocycles. The number of hydrogen-bond donors (Lipinski definition) is 2. The molecule has 1 aliphatic heterocycles. The molecule has 2 heterocycles. The van der Waals surface area contributed by atoms with Crippen molar-refractivity contribution in [1.29, 1.82) is 0 Å². The summed E-state index contributed by atoms with van der Waals surface area (Å²) in [5, 5.41) is 3.05. The maximum Gasteiger partial charge on any atom is 0.380 e. The summed E-state index contributed by atoms with van der Waals surface area (Å²) in [6.07, 6.45) is -3.31. The molecule has 2 rings (SSSR count). The zero-order chi connectivity index (χ0) is 15.6. The molecule has 0 aliphatic carbocycles. The zero-order valence-corrected chi connectivity index (χ0v) is 13.5. The number of morpholine rings is 1. The van der Waals surface area contributed by atoms with Crippen LogP contribution >= 0.6 is 28.6 Å². The van der Waals surface area contributed by atoms with Gasteiger partial charge in [-0.05, 0) is 29.4 Å². The van der Waals surface area contributed by atoms with E-state index in [1.54, 1.807) is 6.92 Å². The van der Waals surface area contributed by atoms with Crippen LogP contribution < -0.4 is 16.6 Å². The Kier molecular flexibility index (Phi) is 5.29. The van der Waals surface area contributed by atoms with E-state index in [1.165, 1.54) is 10.8 Å². The number of aromatic amines is 1. The van der Waals surface area contributed by atoms with Crippen LogP contribution in [0.15, 0.2) is 15.8 Å². The van der Waals surface area contributed by atoms with Gasteiger partial charge in [-0.15, -0.1) is 0 Å². The first-order chi connectivity index (χ1) is 9.76. The van der Waals surface area contributed by atoms with E-state index in [-0.39, 0.29) is 6.61 Å². The third kappa shape index (κ3) is 4.67. The van der Waals surface area contributed by atoms with Crippen LogP contribution in [0.4, 0.5) is 0 Å². The minimum absolute atomic E-state index is 0.0785. The first-order valence-electron chi connectivity index (χ1n) is 6.08. The maximum absolute atomic E-state index is 11.8. The molecule has 1 saturated heterocycles. The molecule has 21 heavy (non-hydrogen) atoms. The second-order valence-corrected chi connectivity index (χ2v) is 8.84. The lowest BCUT2D eigenvalue weighted by atomic mass is 10.3. The number of rotatable bonds is 4. The molecule has 0 amide bonds. The highest BCUT2D eigenvalue weighted by Gasteiger charge is 2.27. The number of aromatic nitrogens is 2. The van der Waals surface area contributed by atoms with Crippen molar-refractivity contribution in [2.45, 2.75) is 19.3 Å². The summed E-state index contributed by atoms with van der Waals surface area (Å²) in [5.74, 6) is 0. The topological polar surface area (TPSA) is 102 Å². The van der Waals surface area contributed by atoms with Crippen LogP contribution in [-0.4, -0.2) is 35.4 Å². The predicted molar refractivity (Wildman–Crippen MR) is 78.1 cm³/mol. The van der Waals surface area contributed by atoms with Crippen LogP contribution in [0, 0.1) is 6.92 Å². The summed E-state index contributed by atoms with van der Waals surface area (Å²) in [5.41, 5.74) is -0.618. The highest BCUT2D eigenvalue weighted by atomic mass is 35.9. The number of nitrogens with one attached hydrogen (secondary N) is 2. The molecular formula is C10H14Cl2N3O5P. The number of ether oxygens (including phenoxy) is 1. The van der Waals surface area contributed by atoms with Gasteiger partial charge in [0.1, 0.15) is 0 Å². The number of aryl methyl sites for hydroxylation is 1. The minimum Gasteiger partial charge on any atom is -0.350 e. The molecule has 1 aromatic rings. The van der Waals surface area contributed by atoms with Gasteiger partial charge < -0.3 is 14.6 Å². The van der Waals surface area contributed by atoms with E-state index in [9.17, 15) is 14.2 Å². The van der Waals surface area contributed by atoms with E-state index in [0.29, 0.717) is 18.7 Å². The largest absolute Gasteiger partial charge is 0.380 e. The molecule has 2 atom stereocenters. The monoisotopic (exact) mass is 357 g/mol. The lowest BCUT2D eigenvalue weighted by Crippen LogP contribution is -2.47. The van der Waals surface area contributed by atoms with Crippen LogP contribution in [0.2, 0.25) is 0 Å². The Morgan fingerprint density at radius 2 is 2.19 bits per heavy atom. The Labute approximate surface area is 129 Å². The Morgan fingerprint density at radius 3 is 2.86 bits per heavy atom. The summed E-state index contributed by atoms with van der Waals surface area (Å²) >= 11 is 10.6. The quantitative estimate of drug-likeness (QED) is 0.777. The molecule has 1 aromatic heterocycles. The number of nitrogens with zero attached hydrogens (tertiary/aromatic N) is 1.